The van der Waals surface area contributed by atoms with Crippen LogP contribution in [0.2, 0.25) is 0 Å². The Kier molecular flexibility index (Phi) is 3.85. The zero-order chi connectivity index (χ0) is 14.8. The molecule has 0 N–H and O–H groups in total. The molecule has 0 amide bonds. The van der Waals surface area contributed by atoms with Crippen LogP contribution >= 0.6 is 11.3 Å². The van der Waals surface area contributed by atoms with Gasteiger partial charge in [0.05, 0.1) is 17.6 Å². The number of thiophene rings is 1. The van der Waals surface area contributed by atoms with Crippen molar-refractivity contribution in [2.75, 3.05) is 18.0 Å². The van der Waals surface area contributed by atoms with E-state index in [9.17, 15) is 10.1 Å². The Balaban J connectivity index is 1.90. The van der Waals surface area contributed by atoms with E-state index < -0.39 is 0 Å². The zero-order valence-electron chi connectivity index (χ0n) is 11.5. The van der Waals surface area contributed by atoms with E-state index in [1.807, 2.05) is 28.7 Å². The van der Waals surface area contributed by atoms with E-state index in [1.54, 1.807) is 23.6 Å². The van der Waals surface area contributed by atoms with E-state index in [2.05, 4.69) is 4.98 Å². The first-order chi connectivity index (χ1) is 10.1. The number of nitro groups is 1. The molecule has 2 aromatic rings. The number of hydrogen-bond acceptors (Lipinski definition) is 6. The molecule has 3 heterocycles. The van der Waals surface area contributed by atoms with Crippen molar-refractivity contribution < 1.29 is 9.66 Å². The fourth-order valence-electron chi connectivity index (χ4n) is 2.54. The van der Waals surface area contributed by atoms with Crippen molar-refractivity contribution in [3.8, 4) is 0 Å². The molecule has 2 aromatic heterocycles. The molecule has 2 atom stereocenters. The van der Waals surface area contributed by atoms with Gasteiger partial charge < -0.3 is 9.64 Å². The summed E-state index contributed by atoms with van der Waals surface area (Å²) >= 11 is 1.62. The van der Waals surface area contributed by atoms with Gasteiger partial charge in [-0.1, -0.05) is 0 Å². The summed E-state index contributed by atoms with van der Waals surface area (Å²) in [5, 5.41) is 15.2. The molecule has 1 aliphatic rings. The lowest BCUT2D eigenvalue weighted by molar-refractivity contribution is -0.384. The van der Waals surface area contributed by atoms with E-state index in [-0.39, 0.29) is 22.8 Å². The Hall–Kier alpha value is -1.99. The standard InChI is InChI=1S/C14H15N3O3S/c1-10-7-16(8-13(20-10)11-4-6-21-9-11)14-12(17(18)19)3-2-5-15-14/h2-6,9-10,13H,7-8H2,1H3/t10-,13-/m0/s1. The highest BCUT2D eigenvalue weighted by Gasteiger charge is 2.31. The molecule has 0 unspecified atom stereocenters. The Morgan fingerprint density at radius 1 is 1.48 bits per heavy atom. The molecule has 7 heteroatoms. The highest BCUT2D eigenvalue weighted by molar-refractivity contribution is 7.07. The molecule has 0 aromatic carbocycles. The number of hydrogen-bond donors (Lipinski definition) is 0. The molecule has 0 radical (unpaired) electrons. The number of pyridine rings is 1. The minimum atomic E-state index is -0.387. The maximum absolute atomic E-state index is 11.2. The van der Waals surface area contributed by atoms with Crippen molar-refractivity contribution in [2.24, 2.45) is 0 Å². The van der Waals surface area contributed by atoms with Gasteiger partial charge in [-0.3, -0.25) is 10.1 Å². The predicted molar refractivity (Wildman–Crippen MR) is 80.7 cm³/mol. The van der Waals surface area contributed by atoms with Crippen molar-refractivity contribution >= 4 is 22.8 Å². The third-order valence-corrected chi connectivity index (χ3v) is 4.14. The summed E-state index contributed by atoms with van der Waals surface area (Å²) in [6.07, 6.45) is 1.49. The van der Waals surface area contributed by atoms with Gasteiger partial charge in [0.25, 0.3) is 0 Å². The van der Waals surface area contributed by atoms with Crippen LogP contribution in [0.25, 0.3) is 0 Å². The molecule has 110 valence electrons. The maximum atomic E-state index is 11.2. The summed E-state index contributed by atoms with van der Waals surface area (Å²) in [7, 11) is 0. The van der Waals surface area contributed by atoms with E-state index in [1.165, 1.54) is 6.07 Å². The average molecular weight is 305 g/mol. The van der Waals surface area contributed by atoms with Crippen LogP contribution < -0.4 is 4.90 Å². The number of rotatable bonds is 3. The molecule has 6 nitrogen and oxygen atoms in total. The summed E-state index contributed by atoms with van der Waals surface area (Å²) in [5.74, 6) is 0.415. The first kappa shape index (κ1) is 14.0. The lowest BCUT2D eigenvalue weighted by Crippen LogP contribution is -2.43. The van der Waals surface area contributed by atoms with Crippen LogP contribution in [0.3, 0.4) is 0 Å². The Morgan fingerprint density at radius 2 is 2.33 bits per heavy atom. The van der Waals surface area contributed by atoms with Crippen molar-refractivity contribution in [1.29, 1.82) is 0 Å². The lowest BCUT2D eigenvalue weighted by Gasteiger charge is -2.37. The summed E-state index contributed by atoms with van der Waals surface area (Å²) < 4.78 is 5.95. The zero-order valence-corrected chi connectivity index (χ0v) is 12.3. The highest BCUT2D eigenvalue weighted by Crippen LogP contribution is 2.32. The molecule has 0 aliphatic carbocycles. The first-order valence-corrected chi connectivity index (χ1v) is 7.61. The SMILES string of the molecule is C[C@H]1CN(c2ncccc2[N+](=O)[O-])C[C@@H](c2ccsc2)O1. The number of anilines is 1. The van der Waals surface area contributed by atoms with Crippen molar-refractivity contribution in [3.63, 3.8) is 0 Å². The lowest BCUT2D eigenvalue weighted by atomic mass is 10.1. The number of ether oxygens (including phenoxy) is 1. The van der Waals surface area contributed by atoms with Gasteiger partial charge in [0.1, 0.15) is 6.10 Å². The molecular weight excluding hydrogens is 290 g/mol. The van der Waals surface area contributed by atoms with E-state index in [0.717, 1.165) is 5.56 Å². The molecule has 3 rings (SSSR count). The van der Waals surface area contributed by atoms with Crippen molar-refractivity contribution in [1.82, 2.24) is 4.98 Å². The van der Waals surface area contributed by atoms with E-state index in [0.29, 0.717) is 18.9 Å². The third kappa shape index (κ3) is 2.88. The van der Waals surface area contributed by atoms with Gasteiger partial charge in [-0.25, -0.2) is 4.98 Å². The normalized spacial score (nSPS) is 22.2. The third-order valence-electron chi connectivity index (χ3n) is 3.44. The minimum Gasteiger partial charge on any atom is -0.367 e. The quantitative estimate of drug-likeness (QED) is 0.644. The van der Waals surface area contributed by atoms with E-state index in [4.69, 9.17) is 4.74 Å². The average Bonchev–Trinajstić information content (AvgIpc) is 3.01. The number of morpholine rings is 1. The molecule has 0 saturated carbocycles. The maximum Gasteiger partial charge on any atom is 0.311 e. The second-order valence-corrected chi connectivity index (χ2v) is 5.78. The summed E-state index contributed by atoms with van der Waals surface area (Å²) in [5.41, 5.74) is 1.14. The number of aromatic nitrogens is 1. The molecule has 1 saturated heterocycles. The van der Waals surface area contributed by atoms with Gasteiger partial charge in [-0.2, -0.15) is 11.3 Å². The van der Waals surface area contributed by atoms with Gasteiger partial charge in [0, 0.05) is 18.8 Å². The van der Waals surface area contributed by atoms with Crippen LogP contribution in [0.4, 0.5) is 11.5 Å². The number of nitrogens with zero attached hydrogens (tertiary/aromatic N) is 3. The first-order valence-electron chi connectivity index (χ1n) is 6.67. The molecule has 1 fully saturated rings. The Bertz CT molecular complexity index is 632. The molecule has 21 heavy (non-hydrogen) atoms. The van der Waals surface area contributed by atoms with Gasteiger partial charge >= 0.3 is 5.69 Å². The van der Waals surface area contributed by atoms with Crippen LogP contribution in [-0.2, 0) is 4.74 Å². The van der Waals surface area contributed by atoms with Crippen molar-refractivity contribution in [3.05, 3.63) is 50.8 Å². The molecule has 1 aliphatic heterocycles. The van der Waals surface area contributed by atoms with Gasteiger partial charge in [-0.05, 0) is 35.4 Å². The second-order valence-electron chi connectivity index (χ2n) is 5.00. The van der Waals surface area contributed by atoms with Crippen LogP contribution in [-0.4, -0.2) is 29.1 Å². The molecular formula is C14H15N3O3S. The summed E-state index contributed by atoms with van der Waals surface area (Å²) in [4.78, 5) is 16.9. The van der Waals surface area contributed by atoms with Gasteiger partial charge in [0.15, 0.2) is 0 Å². The highest BCUT2D eigenvalue weighted by atomic mass is 32.1. The fraction of sp³-hybridized carbons (Fsp3) is 0.357. The second kappa shape index (κ2) is 5.79. The van der Waals surface area contributed by atoms with Crippen LogP contribution in [0.5, 0.6) is 0 Å². The Morgan fingerprint density at radius 3 is 3.05 bits per heavy atom. The van der Waals surface area contributed by atoms with Gasteiger partial charge in [0.2, 0.25) is 5.82 Å². The van der Waals surface area contributed by atoms with Crippen LogP contribution in [0, 0.1) is 10.1 Å². The predicted octanol–water partition coefficient (Wildman–Crippen LogP) is 3.02. The Labute approximate surface area is 126 Å². The smallest absolute Gasteiger partial charge is 0.311 e. The van der Waals surface area contributed by atoms with Crippen molar-refractivity contribution in [2.45, 2.75) is 19.1 Å². The van der Waals surface area contributed by atoms with Gasteiger partial charge in [-0.15, -0.1) is 0 Å². The monoisotopic (exact) mass is 305 g/mol. The summed E-state index contributed by atoms with van der Waals surface area (Å²) in [6, 6.07) is 5.10. The van der Waals surface area contributed by atoms with Crippen LogP contribution in [0.1, 0.15) is 18.6 Å². The fourth-order valence-corrected chi connectivity index (χ4v) is 3.24. The van der Waals surface area contributed by atoms with E-state index >= 15 is 0 Å². The van der Waals surface area contributed by atoms with Crippen LogP contribution in [0.15, 0.2) is 35.2 Å². The molecule has 0 spiro atoms. The topological polar surface area (TPSA) is 68.5 Å². The molecule has 0 bridgehead atoms. The summed E-state index contributed by atoms with van der Waals surface area (Å²) in [6.45, 7) is 3.14. The largest absolute Gasteiger partial charge is 0.367 e. The minimum absolute atomic E-state index is 0.00902.